The summed E-state index contributed by atoms with van der Waals surface area (Å²) in [5.74, 6) is 1.28. The summed E-state index contributed by atoms with van der Waals surface area (Å²) in [5, 5.41) is 0. The fourth-order valence-corrected chi connectivity index (χ4v) is 4.87. The van der Waals surface area contributed by atoms with Crippen LogP contribution < -0.4 is 14.2 Å². The molecule has 35 heavy (non-hydrogen) atoms. The molecule has 0 amide bonds. The molecular weight excluding hydrogens is 446 g/mol. The van der Waals surface area contributed by atoms with Crippen LogP contribution in [0.1, 0.15) is 54.6 Å². The maximum Gasteiger partial charge on any atom is 0.320 e. The van der Waals surface area contributed by atoms with Gasteiger partial charge in [-0.3, -0.25) is 14.5 Å². The van der Waals surface area contributed by atoms with Crippen molar-refractivity contribution in [2.45, 2.75) is 46.1 Å². The zero-order chi connectivity index (χ0) is 25.4. The molecular formula is C28H37NO6. The Labute approximate surface area is 208 Å². The molecule has 2 aromatic rings. The van der Waals surface area contributed by atoms with Crippen molar-refractivity contribution in [2.75, 3.05) is 41.0 Å². The number of hydrogen-bond donors (Lipinski definition) is 0. The maximum atomic E-state index is 13.6. The van der Waals surface area contributed by atoms with Crippen molar-refractivity contribution in [3.8, 4) is 17.2 Å². The number of carbonyl (C=O) groups excluding carboxylic acids is 2. The highest BCUT2D eigenvalue weighted by molar-refractivity contribution is 6.16. The molecule has 0 radical (unpaired) electrons. The highest BCUT2D eigenvalue weighted by Crippen LogP contribution is 2.45. The SMILES string of the molecule is CCOC(=O)C1(CCCCN(CC)Cc2ccccc2OC)Cc2cc(OC)c(OC)cc2C1=O. The largest absolute Gasteiger partial charge is 0.496 e. The third kappa shape index (κ3) is 5.61. The van der Waals surface area contributed by atoms with Gasteiger partial charge in [0.2, 0.25) is 0 Å². The monoisotopic (exact) mass is 483 g/mol. The van der Waals surface area contributed by atoms with Gasteiger partial charge in [-0.1, -0.05) is 31.5 Å². The summed E-state index contributed by atoms with van der Waals surface area (Å²) in [5.41, 5.74) is 1.26. The van der Waals surface area contributed by atoms with Gasteiger partial charge in [0, 0.05) is 17.7 Å². The molecule has 0 N–H and O–H groups in total. The molecule has 0 saturated carbocycles. The highest BCUT2D eigenvalue weighted by Gasteiger charge is 2.52. The number of para-hydroxylation sites is 1. The molecule has 1 atom stereocenters. The summed E-state index contributed by atoms with van der Waals surface area (Å²) in [6, 6.07) is 11.5. The van der Waals surface area contributed by atoms with Crippen LogP contribution in [0.4, 0.5) is 0 Å². The minimum atomic E-state index is -1.20. The Kier molecular flexibility index (Phi) is 9.15. The summed E-state index contributed by atoms with van der Waals surface area (Å²) in [4.78, 5) is 29.0. The fourth-order valence-electron chi connectivity index (χ4n) is 4.87. The first kappa shape index (κ1) is 26.5. The lowest BCUT2D eigenvalue weighted by atomic mass is 9.79. The number of ether oxygens (including phenoxy) is 4. The van der Waals surface area contributed by atoms with Gasteiger partial charge in [0.15, 0.2) is 17.3 Å². The molecule has 190 valence electrons. The van der Waals surface area contributed by atoms with Gasteiger partial charge in [-0.2, -0.15) is 0 Å². The molecule has 7 heteroatoms. The second kappa shape index (κ2) is 12.1. The molecule has 0 bridgehead atoms. The Bertz CT molecular complexity index is 1040. The number of methoxy groups -OCH3 is 3. The summed E-state index contributed by atoms with van der Waals surface area (Å²) in [6.45, 7) is 6.67. The lowest BCUT2D eigenvalue weighted by molar-refractivity contribution is -0.152. The summed E-state index contributed by atoms with van der Waals surface area (Å²) < 4.78 is 21.7. The number of ketones is 1. The molecule has 0 aromatic heterocycles. The topological polar surface area (TPSA) is 74.3 Å². The van der Waals surface area contributed by atoms with Gasteiger partial charge in [0.05, 0.1) is 27.9 Å². The van der Waals surface area contributed by atoms with Crippen LogP contribution in [0.25, 0.3) is 0 Å². The normalized spacial score (nSPS) is 16.8. The molecule has 0 spiro atoms. The minimum absolute atomic E-state index is 0.187. The Hall–Kier alpha value is -3.06. The van der Waals surface area contributed by atoms with E-state index < -0.39 is 11.4 Å². The number of Topliss-reactive ketones (excluding diaryl/α,β-unsaturated/α-hetero) is 1. The molecule has 0 fully saturated rings. The standard InChI is InChI=1S/C28H37NO6/c1-6-29(19-20-12-8-9-13-23(20)32-3)15-11-10-14-28(27(31)35-7-2)18-21-16-24(33-4)25(34-5)17-22(21)26(28)30/h8-9,12-13,16-17H,6-7,10-11,14-15,18-19H2,1-5H3. The van der Waals surface area contributed by atoms with Crippen LogP contribution in [0, 0.1) is 5.41 Å². The number of benzene rings is 2. The molecule has 7 nitrogen and oxygen atoms in total. The molecule has 0 aliphatic heterocycles. The van der Waals surface area contributed by atoms with Crippen LogP contribution in [0.15, 0.2) is 36.4 Å². The zero-order valence-corrected chi connectivity index (χ0v) is 21.5. The van der Waals surface area contributed by atoms with E-state index in [1.807, 2.05) is 18.2 Å². The summed E-state index contributed by atoms with van der Waals surface area (Å²) >= 11 is 0. The van der Waals surface area contributed by atoms with E-state index in [2.05, 4.69) is 17.9 Å². The van der Waals surface area contributed by atoms with Crippen molar-refractivity contribution in [1.82, 2.24) is 4.90 Å². The quantitative estimate of drug-likeness (QED) is 0.232. The number of rotatable bonds is 13. The van der Waals surface area contributed by atoms with Crippen molar-refractivity contribution in [3.05, 3.63) is 53.1 Å². The predicted molar refractivity (Wildman–Crippen MR) is 134 cm³/mol. The van der Waals surface area contributed by atoms with Crippen molar-refractivity contribution in [3.63, 3.8) is 0 Å². The molecule has 1 unspecified atom stereocenters. The third-order valence-corrected chi connectivity index (χ3v) is 6.81. The smallest absolute Gasteiger partial charge is 0.320 e. The summed E-state index contributed by atoms with van der Waals surface area (Å²) in [6.07, 6.45) is 2.35. The van der Waals surface area contributed by atoms with Crippen LogP contribution >= 0.6 is 0 Å². The third-order valence-electron chi connectivity index (χ3n) is 6.81. The van der Waals surface area contributed by atoms with E-state index in [1.54, 1.807) is 33.3 Å². The van der Waals surface area contributed by atoms with Gasteiger partial charge in [-0.05, 0) is 63.0 Å². The number of unbranched alkanes of at least 4 members (excludes halogenated alkanes) is 1. The predicted octanol–water partition coefficient (Wildman–Crippen LogP) is 4.69. The molecule has 1 aliphatic rings. The van der Waals surface area contributed by atoms with Crippen molar-refractivity contribution in [2.24, 2.45) is 5.41 Å². The van der Waals surface area contributed by atoms with Crippen molar-refractivity contribution >= 4 is 11.8 Å². The molecule has 0 heterocycles. The molecule has 3 rings (SSSR count). The lowest BCUT2D eigenvalue weighted by Gasteiger charge is -2.26. The van der Waals surface area contributed by atoms with Gasteiger partial charge in [-0.25, -0.2) is 0 Å². The number of esters is 1. The van der Waals surface area contributed by atoms with Gasteiger partial charge < -0.3 is 18.9 Å². The first-order valence-corrected chi connectivity index (χ1v) is 12.2. The van der Waals surface area contributed by atoms with Crippen LogP contribution in [-0.2, 0) is 22.5 Å². The lowest BCUT2D eigenvalue weighted by Crippen LogP contribution is -2.39. The van der Waals surface area contributed by atoms with E-state index in [1.165, 1.54) is 7.11 Å². The van der Waals surface area contributed by atoms with Crippen LogP contribution in [0.2, 0.25) is 0 Å². The van der Waals surface area contributed by atoms with E-state index in [0.717, 1.165) is 49.4 Å². The minimum Gasteiger partial charge on any atom is -0.496 e. The Morgan fingerprint density at radius 3 is 2.31 bits per heavy atom. The average Bonchev–Trinajstić information content (AvgIpc) is 3.16. The second-order valence-electron chi connectivity index (χ2n) is 8.81. The first-order chi connectivity index (χ1) is 16.9. The Morgan fingerprint density at radius 2 is 1.66 bits per heavy atom. The van der Waals surface area contributed by atoms with E-state index in [4.69, 9.17) is 18.9 Å². The number of fused-ring (bicyclic) bond motifs is 1. The van der Waals surface area contributed by atoms with E-state index in [9.17, 15) is 9.59 Å². The van der Waals surface area contributed by atoms with Crippen molar-refractivity contribution in [1.29, 1.82) is 0 Å². The number of carbonyl (C=O) groups is 2. The van der Waals surface area contributed by atoms with Gasteiger partial charge >= 0.3 is 5.97 Å². The number of nitrogens with zero attached hydrogens (tertiary/aromatic N) is 1. The highest BCUT2D eigenvalue weighted by atomic mass is 16.5. The van der Waals surface area contributed by atoms with Crippen molar-refractivity contribution < 1.29 is 28.5 Å². The van der Waals surface area contributed by atoms with Gasteiger partial charge in [0.1, 0.15) is 11.2 Å². The first-order valence-electron chi connectivity index (χ1n) is 12.2. The van der Waals surface area contributed by atoms with E-state index in [0.29, 0.717) is 29.9 Å². The van der Waals surface area contributed by atoms with Gasteiger partial charge in [0.25, 0.3) is 0 Å². The van der Waals surface area contributed by atoms with Crippen LogP contribution in [0.5, 0.6) is 17.2 Å². The van der Waals surface area contributed by atoms with Gasteiger partial charge in [-0.15, -0.1) is 0 Å². The molecule has 0 saturated heterocycles. The number of hydrogen-bond acceptors (Lipinski definition) is 7. The average molecular weight is 484 g/mol. The molecule has 2 aromatic carbocycles. The maximum absolute atomic E-state index is 13.6. The zero-order valence-electron chi connectivity index (χ0n) is 21.5. The van der Waals surface area contributed by atoms with E-state index >= 15 is 0 Å². The summed E-state index contributed by atoms with van der Waals surface area (Å²) in [7, 11) is 4.78. The Balaban J connectivity index is 1.71. The van der Waals surface area contributed by atoms with E-state index in [-0.39, 0.29) is 12.4 Å². The Morgan fingerprint density at radius 1 is 0.971 bits per heavy atom. The fraction of sp³-hybridized carbons (Fsp3) is 0.500. The second-order valence-corrected chi connectivity index (χ2v) is 8.81. The van der Waals surface area contributed by atoms with Crippen LogP contribution in [-0.4, -0.2) is 57.7 Å². The molecule has 1 aliphatic carbocycles. The van der Waals surface area contributed by atoms with Crippen LogP contribution in [0.3, 0.4) is 0 Å².